The molecule has 0 saturated carbocycles. The van der Waals surface area contributed by atoms with Gasteiger partial charge in [-0.3, -0.25) is 0 Å². The lowest BCUT2D eigenvalue weighted by Crippen LogP contribution is -2.53. The summed E-state index contributed by atoms with van der Waals surface area (Å²) in [6, 6.07) is 3.55. The van der Waals surface area contributed by atoms with E-state index in [0.717, 1.165) is 5.57 Å². The second-order valence-electron chi connectivity index (χ2n) is 4.50. The van der Waals surface area contributed by atoms with Gasteiger partial charge in [0.25, 0.3) is 0 Å². The van der Waals surface area contributed by atoms with E-state index in [1.807, 2.05) is 20.8 Å². The Kier molecular flexibility index (Phi) is 3.02. The molecule has 0 saturated heterocycles. The van der Waals surface area contributed by atoms with Gasteiger partial charge in [-0.1, -0.05) is 0 Å². The van der Waals surface area contributed by atoms with Gasteiger partial charge in [0.15, 0.2) is 0 Å². The van der Waals surface area contributed by atoms with E-state index in [-0.39, 0.29) is 6.10 Å². The van der Waals surface area contributed by atoms with Crippen LogP contribution in [0.1, 0.15) is 26.5 Å². The lowest BCUT2D eigenvalue weighted by atomic mass is 9.74. The first-order valence-corrected chi connectivity index (χ1v) is 5.69. The van der Waals surface area contributed by atoms with Crippen molar-refractivity contribution >= 4 is 0 Å². The zero-order valence-electron chi connectivity index (χ0n) is 10.6. The van der Waals surface area contributed by atoms with E-state index in [9.17, 15) is 5.11 Å². The second kappa shape index (κ2) is 4.20. The maximum Gasteiger partial charge on any atom is 0.212 e. The van der Waals surface area contributed by atoms with E-state index in [1.165, 1.54) is 0 Å². The van der Waals surface area contributed by atoms with Gasteiger partial charge in [0.1, 0.15) is 17.6 Å². The van der Waals surface area contributed by atoms with Crippen LogP contribution in [0.4, 0.5) is 0 Å². The van der Waals surface area contributed by atoms with Crippen molar-refractivity contribution in [3.8, 4) is 0 Å². The Labute approximate surface area is 101 Å². The molecule has 2 atom stereocenters. The van der Waals surface area contributed by atoms with Gasteiger partial charge in [-0.2, -0.15) is 0 Å². The van der Waals surface area contributed by atoms with Crippen molar-refractivity contribution < 1.29 is 19.0 Å². The third-order valence-corrected chi connectivity index (χ3v) is 3.05. The summed E-state index contributed by atoms with van der Waals surface area (Å²) in [4.78, 5) is 0. The molecule has 0 bridgehead atoms. The van der Waals surface area contributed by atoms with Crippen LogP contribution in [0.5, 0.6) is 0 Å². The maximum absolute atomic E-state index is 10.2. The third kappa shape index (κ3) is 1.59. The standard InChI is InChI=1S/C13H18O4/c1-8(2)17-12-9(3)11(14)13(12,15-4)10-6-5-7-16-10/h5-8,11,14H,1-4H3. The number of rotatable bonds is 4. The molecule has 17 heavy (non-hydrogen) atoms. The molecule has 1 aliphatic carbocycles. The SMILES string of the molecule is COC1(c2ccco2)C(OC(C)C)=C(C)C1O. The fourth-order valence-electron chi connectivity index (χ4n) is 2.23. The van der Waals surface area contributed by atoms with Crippen LogP contribution < -0.4 is 0 Å². The fraction of sp³-hybridized carbons (Fsp3) is 0.538. The van der Waals surface area contributed by atoms with E-state index in [2.05, 4.69) is 0 Å². The summed E-state index contributed by atoms with van der Waals surface area (Å²) < 4.78 is 16.6. The number of ether oxygens (including phenoxy) is 2. The van der Waals surface area contributed by atoms with Crippen LogP contribution in [-0.2, 0) is 15.1 Å². The lowest BCUT2D eigenvalue weighted by molar-refractivity contribution is -0.147. The van der Waals surface area contributed by atoms with Crippen LogP contribution in [0.3, 0.4) is 0 Å². The monoisotopic (exact) mass is 238 g/mol. The maximum atomic E-state index is 10.2. The van der Waals surface area contributed by atoms with Crippen molar-refractivity contribution in [2.24, 2.45) is 0 Å². The highest BCUT2D eigenvalue weighted by molar-refractivity contribution is 5.42. The number of furan rings is 1. The minimum absolute atomic E-state index is 0.0249. The van der Waals surface area contributed by atoms with E-state index in [4.69, 9.17) is 13.9 Å². The highest BCUT2D eigenvalue weighted by Gasteiger charge is 2.58. The van der Waals surface area contributed by atoms with Gasteiger partial charge in [0.2, 0.25) is 5.60 Å². The molecule has 4 nitrogen and oxygen atoms in total. The van der Waals surface area contributed by atoms with E-state index >= 15 is 0 Å². The number of aliphatic hydroxyl groups is 1. The zero-order valence-corrected chi connectivity index (χ0v) is 10.6. The van der Waals surface area contributed by atoms with Crippen molar-refractivity contribution in [3.05, 3.63) is 35.5 Å². The van der Waals surface area contributed by atoms with Gasteiger partial charge < -0.3 is 19.0 Å². The van der Waals surface area contributed by atoms with Crippen LogP contribution >= 0.6 is 0 Å². The van der Waals surface area contributed by atoms with Gasteiger partial charge >= 0.3 is 0 Å². The normalized spacial score (nSPS) is 28.5. The summed E-state index contributed by atoms with van der Waals surface area (Å²) in [5.74, 6) is 1.21. The molecule has 2 unspecified atom stereocenters. The Morgan fingerprint density at radius 1 is 1.47 bits per heavy atom. The topological polar surface area (TPSA) is 51.8 Å². The quantitative estimate of drug-likeness (QED) is 0.873. The van der Waals surface area contributed by atoms with E-state index in [1.54, 1.807) is 25.5 Å². The number of hydrogen-bond acceptors (Lipinski definition) is 4. The molecular weight excluding hydrogens is 220 g/mol. The highest BCUT2D eigenvalue weighted by Crippen LogP contribution is 2.50. The molecule has 0 aliphatic heterocycles. The summed E-state index contributed by atoms with van der Waals surface area (Å²) in [7, 11) is 1.54. The van der Waals surface area contributed by atoms with Gasteiger partial charge in [0.05, 0.1) is 12.4 Å². The Hall–Kier alpha value is -1.26. The van der Waals surface area contributed by atoms with Crippen LogP contribution in [0.25, 0.3) is 0 Å². The summed E-state index contributed by atoms with van der Waals surface area (Å²) in [6.45, 7) is 5.71. The smallest absolute Gasteiger partial charge is 0.212 e. The Morgan fingerprint density at radius 2 is 2.18 bits per heavy atom. The third-order valence-electron chi connectivity index (χ3n) is 3.05. The molecule has 1 aliphatic rings. The first-order chi connectivity index (χ1) is 8.04. The minimum atomic E-state index is -0.988. The zero-order chi connectivity index (χ0) is 12.6. The van der Waals surface area contributed by atoms with Crippen molar-refractivity contribution in [1.82, 2.24) is 0 Å². The first-order valence-electron chi connectivity index (χ1n) is 5.69. The molecule has 0 fully saturated rings. The number of hydrogen-bond donors (Lipinski definition) is 1. The van der Waals surface area contributed by atoms with Crippen LogP contribution in [0, 0.1) is 0 Å². The Bertz CT molecular complexity index is 419. The molecule has 1 aromatic heterocycles. The summed E-state index contributed by atoms with van der Waals surface area (Å²) >= 11 is 0. The first kappa shape index (κ1) is 12.2. The van der Waals surface area contributed by atoms with Gasteiger partial charge in [-0.15, -0.1) is 0 Å². The predicted octanol–water partition coefficient (Wildman–Crippen LogP) is 2.19. The molecule has 0 spiro atoms. The van der Waals surface area contributed by atoms with Gasteiger partial charge in [-0.25, -0.2) is 0 Å². The van der Waals surface area contributed by atoms with Crippen molar-refractivity contribution in [1.29, 1.82) is 0 Å². The molecule has 2 rings (SSSR count). The van der Waals surface area contributed by atoms with Gasteiger partial charge in [-0.05, 0) is 32.9 Å². The summed E-state index contributed by atoms with van der Waals surface area (Å²) in [5.41, 5.74) is -0.199. The predicted molar refractivity (Wildman–Crippen MR) is 62.3 cm³/mol. The lowest BCUT2D eigenvalue weighted by Gasteiger charge is -2.46. The summed E-state index contributed by atoms with van der Waals surface area (Å²) in [5, 5.41) is 10.2. The molecule has 0 amide bonds. The molecule has 1 heterocycles. The minimum Gasteiger partial charge on any atom is -0.492 e. The average Bonchev–Trinajstić information content (AvgIpc) is 2.82. The largest absolute Gasteiger partial charge is 0.492 e. The number of methoxy groups -OCH3 is 1. The fourth-order valence-corrected chi connectivity index (χ4v) is 2.23. The molecule has 4 heteroatoms. The highest BCUT2D eigenvalue weighted by atomic mass is 16.6. The van der Waals surface area contributed by atoms with E-state index < -0.39 is 11.7 Å². The van der Waals surface area contributed by atoms with Crippen LogP contribution in [0.2, 0.25) is 0 Å². The van der Waals surface area contributed by atoms with Crippen LogP contribution in [-0.4, -0.2) is 24.4 Å². The molecule has 1 aromatic rings. The van der Waals surface area contributed by atoms with Crippen molar-refractivity contribution in [2.45, 2.75) is 38.6 Å². The van der Waals surface area contributed by atoms with Crippen LogP contribution in [0.15, 0.2) is 34.1 Å². The Morgan fingerprint density at radius 3 is 2.65 bits per heavy atom. The van der Waals surface area contributed by atoms with Crippen molar-refractivity contribution in [3.63, 3.8) is 0 Å². The Balaban J connectivity index is 2.42. The second-order valence-corrected chi connectivity index (χ2v) is 4.50. The molecule has 94 valence electrons. The van der Waals surface area contributed by atoms with E-state index in [0.29, 0.717) is 11.5 Å². The number of aliphatic hydroxyl groups excluding tert-OH is 1. The summed E-state index contributed by atoms with van der Waals surface area (Å²) in [6.07, 6.45) is 0.855. The average molecular weight is 238 g/mol. The molecule has 1 N–H and O–H groups in total. The molecule has 0 aromatic carbocycles. The molecule has 0 radical (unpaired) electrons. The molecular formula is C13H18O4. The van der Waals surface area contributed by atoms with Gasteiger partial charge in [0, 0.05) is 12.7 Å². The van der Waals surface area contributed by atoms with Crippen molar-refractivity contribution in [2.75, 3.05) is 7.11 Å².